The minimum absolute atomic E-state index is 0.133. The number of aromatic nitrogens is 1. The summed E-state index contributed by atoms with van der Waals surface area (Å²) in [5.41, 5.74) is 4.32. The summed E-state index contributed by atoms with van der Waals surface area (Å²) in [6.07, 6.45) is 1.93. The van der Waals surface area contributed by atoms with Crippen molar-refractivity contribution in [1.82, 2.24) is 4.57 Å². The van der Waals surface area contributed by atoms with Crippen molar-refractivity contribution in [3.8, 4) is 0 Å². The van der Waals surface area contributed by atoms with Gasteiger partial charge >= 0.3 is 0 Å². The minimum Gasteiger partial charge on any atom is -0.340 e. The Morgan fingerprint density at radius 1 is 0.889 bits per heavy atom. The number of para-hydroxylation sites is 1. The molecule has 4 aromatic carbocycles. The van der Waals surface area contributed by atoms with Crippen LogP contribution in [-0.4, -0.2) is 14.8 Å². The monoisotopic (exact) mass is 508 g/mol. The number of fused-ring (bicyclic) bond motifs is 2. The Morgan fingerprint density at radius 3 is 2.42 bits per heavy atom. The number of thioether (sulfide) groups is 1. The van der Waals surface area contributed by atoms with Gasteiger partial charge in [-0.15, -0.1) is 0 Å². The highest BCUT2D eigenvalue weighted by atomic mass is 32.2. The van der Waals surface area contributed by atoms with Crippen LogP contribution in [0.4, 0.5) is 10.1 Å². The van der Waals surface area contributed by atoms with Crippen LogP contribution in [0.2, 0.25) is 0 Å². The summed E-state index contributed by atoms with van der Waals surface area (Å²) < 4.78 is 17.1. The number of rotatable bonds is 4. The van der Waals surface area contributed by atoms with Gasteiger partial charge in [0.15, 0.2) is 4.32 Å². The van der Waals surface area contributed by atoms with E-state index in [0.29, 0.717) is 21.3 Å². The number of hydrogen-bond acceptors (Lipinski definition) is 3. The standard InChI is InChI=1S/C30H21FN2OS2/c1-19-24(23-13-5-7-15-26(23)32(19)18-21-10-3-6-14-25(21)31)17-28-29(34)33(30(35)36-28)27-16-8-11-20-9-2-4-12-22(20)27/h2-17H,18H2,1H3/b28-17+. The van der Waals surface area contributed by atoms with Gasteiger partial charge in [-0.2, -0.15) is 0 Å². The molecule has 1 aromatic heterocycles. The highest BCUT2D eigenvalue weighted by Crippen LogP contribution is 2.40. The first-order valence-electron chi connectivity index (χ1n) is 11.6. The van der Waals surface area contributed by atoms with E-state index in [1.807, 2.05) is 85.8 Å². The van der Waals surface area contributed by atoms with Crippen LogP contribution in [0.15, 0.2) is 95.9 Å². The van der Waals surface area contributed by atoms with E-state index in [1.165, 1.54) is 17.8 Å². The lowest BCUT2D eigenvalue weighted by atomic mass is 10.1. The third kappa shape index (κ3) is 3.74. The number of nitrogens with zero attached hydrogens (tertiary/aromatic N) is 2. The maximum absolute atomic E-state index is 14.5. The topological polar surface area (TPSA) is 25.2 Å². The molecule has 0 unspecified atom stereocenters. The summed E-state index contributed by atoms with van der Waals surface area (Å²) in [6.45, 7) is 2.42. The Kier molecular flexibility index (Phi) is 5.70. The molecule has 1 fully saturated rings. The maximum atomic E-state index is 14.5. The molecule has 5 aromatic rings. The summed E-state index contributed by atoms with van der Waals surface area (Å²) >= 11 is 6.98. The molecule has 36 heavy (non-hydrogen) atoms. The molecule has 176 valence electrons. The second-order valence-electron chi connectivity index (χ2n) is 8.71. The first kappa shape index (κ1) is 22.7. The minimum atomic E-state index is -0.229. The second kappa shape index (κ2) is 9.04. The Bertz CT molecular complexity index is 1710. The van der Waals surface area contributed by atoms with E-state index < -0.39 is 0 Å². The molecule has 1 amide bonds. The first-order chi connectivity index (χ1) is 17.5. The Balaban J connectivity index is 1.44. The largest absolute Gasteiger partial charge is 0.340 e. The fourth-order valence-corrected chi connectivity index (χ4v) is 6.12. The number of benzene rings is 4. The zero-order chi connectivity index (χ0) is 24.8. The summed E-state index contributed by atoms with van der Waals surface area (Å²) in [5, 5.41) is 3.05. The summed E-state index contributed by atoms with van der Waals surface area (Å²) in [6, 6.07) is 28.7. The molecule has 0 N–H and O–H groups in total. The van der Waals surface area contributed by atoms with Crippen LogP contribution < -0.4 is 4.90 Å². The average Bonchev–Trinajstić information content (AvgIpc) is 3.32. The van der Waals surface area contributed by atoms with Crippen LogP contribution in [0.3, 0.4) is 0 Å². The Hall–Kier alpha value is -3.74. The van der Waals surface area contributed by atoms with Gasteiger partial charge in [-0.05, 0) is 36.6 Å². The van der Waals surface area contributed by atoms with Crippen LogP contribution >= 0.6 is 24.0 Å². The molecular formula is C30H21FN2OS2. The highest BCUT2D eigenvalue weighted by molar-refractivity contribution is 8.27. The molecule has 1 saturated heterocycles. The molecule has 0 aliphatic carbocycles. The molecule has 1 aliphatic heterocycles. The molecule has 2 heterocycles. The van der Waals surface area contributed by atoms with Crippen LogP contribution in [0.1, 0.15) is 16.8 Å². The van der Waals surface area contributed by atoms with Crippen molar-refractivity contribution in [1.29, 1.82) is 0 Å². The zero-order valence-electron chi connectivity index (χ0n) is 19.4. The molecule has 0 radical (unpaired) electrons. The number of thiocarbonyl (C=S) groups is 1. The molecular weight excluding hydrogens is 487 g/mol. The number of hydrogen-bond donors (Lipinski definition) is 0. The molecule has 3 nitrogen and oxygen atoms in total. The molecule has 0 spiro atoms. The fraction of sp³-hybridized carbons (Fsp3) is 0.0667. The number of anilines is 1. The van der Waals surface area contributed by atoms with Gasteiger partial charge in [0.25, 0.3) is 5.91 Å². The predicted molar refractivity (Wildman–Crippen MR) is 152 cm³/mol. The Labute approximate surface area is 217 Å². The number of carbonyl (C=O) groups is 1. The van der Waals surface area contributed by atoms with Crippen LogP contribution in [0.25, 0.3) is 27.8 Å². The molecule has 0 bridgehead atoms. The summed E-state index contributed by atoms with van der Waals surface area (Å²) in [7, 11) is 0. The van der Waals surface area contributed by atoms with E-state index in [2.05, 4.69) is 4.57 Å². The predicted octanol–water partition coefficient (Wildman–Crippen LogP) is 7.70. The summed E-state index contributed by atoms with van der Waals surface area (Å²) in [4.78, 5) is 15.8. The molecule has 0 atom stereocenters. The van der Waals surface area contributed by atoms with E-state index in [-0.39, 0.29) is 11.7 Å². The lowest BCUT2D eigenvalue weighted by molar-refractivity contribution is -0.113. The lowest BCUT2D eigenvalue weighted by Gasteiger charge is -2.17. The van der Waals surface area contributed by atoms with Crippen molar-refractivity contribution in [3.05, 3.63) is 119 Å². The SMILES string of the molecule is Cc1c(/C=C2/SC(=S)N(c3cccc4ccccc34)C2=O)c2ccccc2n1Cc1ccccc1F. The number of carbonyl (C=O) groups excluding carboxylic acids is 1. The van der Waals surface area contributed by atoms with E-state index in [0.717, 1.165) is 38.6 Å². The zero-order valence-corrected chi connectivity index (χ0v) is 21.1. The molecule has 6 rings (SSSR count). The molecule has 6 heteroatoms. The van der Waals surface area contributed by atoms with Gasteiger partial charge in [0.2, 0.25) is 0 Å². The van der Waals surface area contributed by atoms with Crippen molar-refractivity contribution in [2.45, 2.75) is 13.5 Å². The smallest absolute Gasteiger partial charge is 0.270 e. The molecule has 1 aliphatic rings. The van der Waals surface area contributed by atoms with E-state index >= 15 is 0 Å². The highest BCUT2D eigenvalue weighted by Gasteiger charge is 2.34. The quantitative estimate of drug-likeness (QED) is 0.184. The van der Waals surface area contributed by atoms with Gasteiger partial charge in [-0.25, -0.2) is 4.39 Å². The van der Waals surface area contributed by atoms with Gasteiger partial charge in [-0.3, -0.25) is 9.69 Å². The third-order valence-electron chi connectivity index (χ3n) is 6.64. The van der Waals surface area contributed by atoms with Crippen molar-refractivity contribution in [2.24, 2.45) is 0 Å². The average molecular weight is 509 g/mol. The van der Waals surface area contributed by atoms with Gasteiger partial charge in [0, 0.05) is 33.1 Å². The Morgan fingerprint density at radius 2 is 1.58 bits per heavy atom. The van der Waals surface area contributed by atoms with Crippen molar-refractivity contribution in [3.63, 3.8) is 0 Å². The maximum Gasteiger partial charge on any atom is 0.270 e. The van der Waals surface area contributed by atoms with Crippen LogP contribution in [0.5, 0.6) is 0 Å². The molecule has 0 saturated carbocycles. The second-order valence-corrected chi connectivity index (χ2v) is 10.4. The lowest BCUT2D eigenvalue weighted by Crippen LogP contribution is -2.27. The van der Waals surface area contributed by atoms with Gasteiger partial charge in [-0.1, -0.05) is 96.8 Å². The number of amides is 1. The van der Waals surface area contributed by atoms with Crippen molar-refractivity contribution >= 4 is 67.6 Å². The van der Waals surface area contributed by atoms with Crippen LogP contribution in [0, 0.1) is 12.7 Å². The van der Waals surface area contributed by atoms with Gasteiger partial charge in [0.1, 0.15) is 5.82 Å². The normalized spacial score (nSPS) is 15.1. The van der Waals surface area contributed by atoms with Crippen LogP contribution in [-0.2, 0) is 11.3 Å². The first-order valence-corrected chi connectivity index (χ1v) is 12.8. The van der Waals surface area contributed by atoms with E-state index in [1.54, 1.807) is 17.0 Å². The van der Waals surface area contributed by atoms with Gasteiger partial charge in [0.05, 0.1) is 17.1 Å². The van der Waals surface area contributed by atoms with Gasteiger partial charge < -0.3 is 4.57 Å². The van der Waals surface area contributed by atoms with Crippen molar-refractivity contribution in [2.75, 3.05) is 4.90 Å². The van der Waals surface area contributed by atoms with E-state index in [9.17, 15) is 9.18 Å². The van der Waals surface area contributed by atoms with Crippen molar-refractivity contribution < 1.29 is 9.18 Å². The third-order valence-corrected chi connectivity index (χ3v) is 7.94. The fourth-order valence-electron chi connectivity index (χ4n) is 4.85. The summed E-state index contributed by atoms with van der Waals surface area (Å²) in [5.74, 6) is -0.362. The number of halogens is 1. The van der Waals surface area contributed by atoms with E-state index in [4.69, 9.17) is 12.2 Å².